The van der Waals surface area contributed by atoms with E-state index >= 15 is 0 Å². The van der Waals surface area contributed by atoms with Gasteiger partial charge in [0.1, 0.15) is 0 Å². The van der Waals surface area contributed by atoms with Gasteiger partial charge in [-0.1, -0.05) is 19.1 Å². The highest BCUT2D eigenvalue weighted by Gasteiger charge is 2.21. The van der Waals surface area contributed by atoms with Gasteiger partial charge in [-0.25, -0.2) is 0 Å². The van der Waals surface area contributed by atoms with Gasteiger partial charge in [0.2, 0.25) is 0 Å². The van der Waals surface area contributed by atoms with E-state index in [-0.39, 0.29) is 11.9 Å². The number of rotatable bonds is 2. The van der Waals surface area contributed by atoms with Crippen molar-refractivity contribution in [3.63, 3.8) is 0 Å². The summed E-state index contributed by atoms with van der Waals surface area (Å²) >= 11 is 0. The second-order valence-electron chi connectivity index (χ2n) is 4.70. The number of hydrogen-bond donors (Lipinski definition) is 1. The summed E-state index contributed by atoms with van der Waals surface area (Å²) < 4.78 is 0. The second-order valence-corrected chi connectivity index (χ2v) is 4.70. The molecule has 0 radical (unpaired) electrons. The fourth-order valence-corrected chi connectivity index (χ4v) is 2.26. The van der Waals surface area contributed by atoms with Crippen LogP contribution in [0.4, 0.5) is 0 Å². The number of likely N-dealkylation sites (tertiary alicyclic amines) is 1. The van der Waals surface area contributed by atoms with Crippen LogP contribution in [-0.4, -0.2) is 29.9 Å². The SMILES string of the molecule is CCc1ccc(C(=O)N2CCC[C@H](N)C2)cc1. The summed E-state index contributed by atoms with van der Waals surface area (Å²) in [6.07, 6.45) is 3.04. The number of nitrogens with zero attached hydrogens (tertiary/aromatic N) is 1. The first-order valence-corrected chi connectivity index (χ1v) is 6.34. The van der Waals surface area contributed by atoms with Crippen molar-refractivity contribution >= 4 is 5.91 Å². The zero-order valence-corrected chi connectivity index (χ0v) is 10.4. The molecule has 2 rings (SSSR count). The third kappa shape index (κ3) is 2.86. The van der Waals surface area contributed by atoms with Gasteiger partial charge in [0.05, 0.1) is 0 Å². The summed E-state index contributed by atoms with van der Waals surface area (Å²) in [6.45, 7) is 3.64. The number of piperidine rings is 1. The Morgan fingerprint density at radius 3 is 2.71 bits per heavy atom. The number of aryl methyl sites for hydroxylation is 1. The quantitative estimate of drug-likeness (QED) is 0.845. The summed E-state index contributed by atoms with van der Waals surface area (Å²) in [5.74, 6) is 0.114. The van der Waals surface area contributed by atoms with Crippen LogP contribution in [0.15, 0.2) is 24.3 Å². The molecule has 0 saturated carbocycles. The van der Waals surface area contributed by atoms with Crippen molar-refractivity contribution in [3.05, 3.63) is 35.4 Å². The molecule has 17 heavy (non-hydrogen) atoms. The predicted octanol–water partition coefficient (Wildman–Crippen LogP) is 1.81. The molecule has 1 fully saturated rings. The van der Waals surface area contributed by atoms with Crippen molar-refractivity contribution in [2.45, 2.75) is 32.2 Å². The molecule has 0 bridgehead atoms. The first kappa shape index (κ1) is 12.1. The van der Waals surface area contributed by atoms with Crippen molar-refractivity contribution < 1.29 is 4.79 Å². The predicted molar refractivity (Wildman–Crippen MR) is 68.9 cm³/mol. The molecule has 1 aliphatic heterocycles. The van der Waals surface area contributed by atoms with E-state index in [9.17, 15) is 4.79 Å². The van der Waals surface area contributed by atoms with E-state index in [0.717, 1.165) is 31.4 Å². The van der Waals surface area contributed by atoms with Gasteiger partial charge >= 0.3 is 0 Å². The maximum absolute atomic E-state index is 12.2. The molecule has 92 valence electrons. The first-order chi connectivity index (χ1) is 8.20. The molecule has 1 aliphatic rings. The van der Waals surface area contributed by atoms with Crippen LogP contribution in [0.3, 0.4) is 0 Å². The largest absolute Gasteiger partial charge is 0.337 e. The van der Waals surface area contributed by atoms with Gasteiger partial charge in [0, 0.05) is 24.7 Å². The smallest absolute Gasteiger partial charge is 0.253 e. The summed E-state index contributed by atoms with van der Waals surface area (Å²) in [5, 5.41) is 0. The minimum atomic E-state index is 0.114. The molecule has 0 aromatic heterocycles. The molecule has 1 heterocycles. The van der Waals surface area contributed by atoms with Crippen molar-refractivity contribution in [3.8, 4) is 0 Å². The Kier molecular flexibility index (Phi) is 3.79. The number of benzene rings is 1. The number of hydrogen-bond acceptors (Lipinski definition) is 2. The Labute approximate surface area is 103 Å². The molecular weight excluding hydrogens is 212 g/mol. The van der Waals surface area contributed by atoms with Gasteiger partial charge in [0.25, 0.3) is 5.91 Å². The monoisotopic (exact) mass is 232 g/mol. The second kappa shape index (κ2) is 5.32. The minimum absolute atomic E-state index is 0.114. The standard InChI is InChI=1S/C14H20N2O/c1-2-11-5-7-12(8-6-11)14(17)16-9-3-4-13(15)10-16/h5-8,13H,2-4,9-10,15H2,1H3/t13-/m0/s1. The van der Waals surface area contributed by atoms with Gasteiger partial charge in [-0.05, 0) is 37.0 Å². The normalized spacial score (nSPS) is 20.4. The Balaban J connectivity index is 2.07. The van der Waals surface area contributed by atoms with Crippen molar-refractivity contribution in [2.24, 2.45) is 5.73 Å². The maximum atomic E-state index is 12.2. The van der Waals surface area contributed by atoms with Crippen LogP contribution >= 0.6 is 0 Å². The molecule has 0 spiro atoms. The lowest BCUT2D eigenvalue weighted by atomic mass is 10.0. The topological polar surface area (TPSA) is 46.3 Å². The highest BCUT2D eigenvalue weighted by Crippen LogP contribution is 2.13. The average Bonchev–Trinajstić information content (AvgIpc) is 2.38. The number of carbonyl (C=O) groups is 1. The van der Waals surface area contributed by atoms with Gasteiger partial charge in [-0.15, -0.1) is 0 Å². The van der Waals surface area contributed by atoms with E-state index in [1.165, 1.54) is 5.56 Å². The molecular formula is C14H20N2O. The molecule has 3 nitrogen and oxygen atoms in total. The Morgan fingerprint density at radius 2 is 2.12 bits per heavy atom. The zero-order chi connectivity index (χ0) is 12.3. The number of amides is 1. The molecule has 1 amide bonds. The lowest BCUT2D eigenvalue weighted by Crippen LogP contribution is -2.45. The van der Waals surface area contributed by atoms with E-state index in [2.05, 4.69) is 6.92 Å². The van der Waals surface area contributed by atoms with Gasteiger partial charge < -0.3 is 10.6 Å². The fourth-order valence-electron chi connectivity index (χ4n) is 2.26. The van der Waals surface area contributed by atoms with Crippen LogP contribution in [-0.2, 0) is 6.42 Å². The summed E-state index contributed by atoms with van der Waals surface area (Å²) in [6, 6.07) is 8.03. The minimum Gasteiger partial charge on any atom is -0.337 e. The lowest BCUT2D eigenvalue weighted by Gasteiger charge is -2.30. The Bertz CT molecular complexity index is 386. The Hall–Kier alpha value is -1.35. The van der Waals surface area contributed by atoms with Crippen LogP contribution in [0, 0.1) is 0 Å². The van der Waals surface area contributed by atoms with Crippen LogP contribution in [0.1, 0.15) is 35.7 Å². The summed E-state index contributed by atoms with van der Waals surface area (Å²) in [4.78, 5) is 14.1. The molecule has 1 saturated heterocycles. The highest BCUT2D eigenvalue weighted by molar-refractivity contribution is 5.94. The van der Waals surface area contributed by atoms with Crippen LogP contribution in [0.5, 0.6) is 0 Å². The first-order valence-electron chi connectivity index (χ1n) is 6.34. The van der Waals surface area contributed by atoms with Crippen molar-refractivity contribution in [1.82, 2.24) is 4.90 Å². The van der Waals surface area contributed by atoms with Gasteiger partial charge in [0.15, 0.2) is 0 Å². The molecule has 1 aromatic rings. The third-order valence-corrected chi connectivity index (χ3v) is 3.35. The number of carbonyl (C=O) groups excluding carboxylic acids is 1. The molecule has 3 heteroatoms. The molecule has 0 unspecified atom stereocenters. The molecule has 0 aliphatic carbocycles. The molecule has 2 N–H and O–H groups in total. The van der Waals surface area contributed by atoms with E-state index in [0.29, 0.717) is 6.54 Å². The van der Waals surface area contributed by atoms with E-state index in [1.807, 2.05) is 29.2 Å². The third-order valence-electron chi connectivity index (χ3n) is 3.35. The van der Waals surface area contributed by atoms with Crippen LogP contribution in [0.25, 0.3) is 0 Å². The lowest BCUT2D eigenvalue weighted by molar-refractivity contribution is 0.0709. The van der Waals surface area contributed by atoms with E-state index in [1.54, 1.807) is 0 Å². The molecule has 1 atom stereocenters. The highest BCUT2D eigenvalue weighted by atomic mass is 16.2. The van der Waals surface area contributed by atoms with E-state index < -0.39 is 0 Å². The van der Waals surface area contributed by atoms with Gasteiger partial charge in [-0.2, -0.15) is 0 Å². The van der Waals surface area contributed by atoms with Crippen molar-refractivity contribution in [2.75, 3.05) is 13.1 Å². The van der Waals surface area contributed by atoms with Crippen LogP contribution in [0.2, 0.25) is 0 Å². The zero-order valence-electron chi connectivity index (χ0n) is 10.4. The maximum Gasteiger partial charge on any atom is 0.253 e. The number of nitrogens with two attached hydrogens (primary N) is 1. The fraction of sp³-hybridized carbons (Fsp3) is 0.500. The summed E-state index contributed by atoms with van der Waals surface area (Å²) in [5.41, 5.74) is 7.93. The summed E-state index contributed by atoms with van der Waals surface area (Å²) in [7, 11) is 0. The molecule has 1 aromatic carbocycles. The average molecular weight is 232 g/mol. The Morgan fingerprint density at radius 1 is 1.41 bits per heavy atom. The van der Waals surface area contributed by atoms with Gasteiger partial charge in [-0.3, -0.25) is 4.79 Å². The van der Waals surface area contributed by atoms with E-state index in [4.69, 9.17) is 5.73 Å². The van der Waals surface area contributed by atoms with Crippen LogP contribution < -0.4 is 5.73 Å². The van der Waals surface area contributed by atoms with Crippen molar-refractivity contribution in [1.29, 1.82) is 0 Å².